The zero-order chi connectivity index (χ0) is 19.3. The van der Waals surface area contributed by atoms with E-state index in [0.29, 0.717) is 25.7 Å². The predicted molar refractivity (Wildman–Crippen MR) is 106 cm³/mol. The minimum atomic E-state index is -0.101. The normalized spacial score (nSPS) is 10.8. The van der Waals surface area contributed by atoms with Crippen LogP contribution in [0, 0.1) is 0 Å². The molecule has 0 aliphatic heterocycles. The van der Waals surface area contributed by atoms with E-state index in [1.807, 2.05) is 54.6 Å². The number of carbonyl (C=O) groups excluding carboxylic acids is 1. The summed E-state index contributed by atoms with van der Waals surface area (Å²) >= 11 is 0. The SMILES string of the molecule is CN=C(NCCOc1ccc(OC)cc1)NCC(=O)NCc1ccccc1. The van der Waals surface area contributed by atoms with Crippen molar-refractivity contribution in [3.05, 3.63) is 60.2 Å². The van der Waals surface area contributed by atoms with Gasteiger partial charge in [-0.3, -0.25) is 9.79 Å². The quantitative estimate of drug-likeness (QED) is 0.354. The number of methoxy groups -OCH3 is 1. The highest BCUT2D eigenvalue weighted by molar-refractivity contribution is 5.86. The highest BCUT2D eigenvalue weighted by Gasteiger charge is 2.03. The molecule has 0 atom stereocenters. The lowest BCUT2D eigenvalue weighted by Gasteiger charge is -2.13. The number of guanidine groups is 1. The van der Waals surface area contributed by atoms with Crippen LogP contribution in [0.2, 0.25) is 0 Å². The van der Waals surface area contributed by atoms with Gasteiger partial charge in [0.15, 0.2) is 5.96 Å². The van der Waals surface area contributed by atoms with Crippen molar-refractivity contribution in [2.24, 2.45) is 4.99 Å². The molecule has 3 N–H and O–H groups in total. The van der Waals surface area contributed by atoms with Gasteiger partial charge in [-0.25, -0.2) is 0 Å². The molecule has 2 aromatic rings. The van der Waals surface area contributed by atoms with Crippen LogP contribution in [0.15, 0.2) is 59.6 Å². The zero-order valence-electron chi connectivity index (χ0n) is 15.7. The van der Waals surface area contributed by atoms with Gasteiger partial charge in [-0.1, -0.05) is 30.3 Å². The highest BCUT2D eigenvalue weighted by atomic mass is 16.5. The average molecular weight is 370 g/mol. The summed E-state index contributed by atoms with van der Waals surface area (Å²) in [5.41, 5.74) is 1.06. The summed E-state index contributed by atoms with van der Waals surface area (Å²) in [5.74, 6) is 2.00. The van der Waals surface area contributed by atoms with Crippen molar-refractivity contribution in [3.8, 4) is 11.5 Å². The second-order valence-electron chi connectivity index (χ2n) is 5.64. The molecule has 0 aliphatic carbocycles. The maximum Gasteiger partial charge on any atom is 0.239 e. The van der Waals surface area contributed by atoms with Crippen LogP contribution in [-0.4, -0.2) is 45.7 Å². The molecule has 2 rings (SSSR count). The van der Waals surface area contributed by atoms with Crippen molar-refractivity contribution in [2.45, 2.75) is 6.54 Å². The van der Waals surface area contributed by atoms with Crippen molar-refractivity contribution in [3.63, 3.8) is 0 Å². The Balaban J connectivity index is 1.61. The summed E-state index contributed by atoms with van der Waals surface area (Å²) in [4.78, 5) is 16.0. The Morgan fingerprint density at radius 2 is 1.67 bits per heavy atom. The van der Waals surface area contributed by atoms with E-state index in [1.165, 1.54) is 0 Å². The molecule has 0 unspecified atom stereocenters. The number of hydrogen-bond donors (Lipinski definition) is 3. The average Bonchev–Trinajstić information content (AvgIpc) is 2.73. The van der Waals surface area contributed by atoms with Crippen LogP contribution in [0.3, 0.4) is 0 Å². The topological polar surface area (TPSA) is 84.0 Å². The number of hydrogen-bond acceptors (Lipinski definition) is 4. The highest BCUT2D eigenvalue weighted by Crippen LogP contribution is 2.16. The van der Waals surface area contributed by atoms with Gasteiger partial charge in [0.25, 0.3) is 0 Å². The molecule has 0 aromatic heterocycles. The Hall–Kier alpha value is -3.22. The van der Waals surface area contributed by atoms with Crippen molar-refractivity contribution < 1.29 is 14.3 Å². The van der Waals surface area contributed by atoms with Gasteiger partial charge in [0.2, 0.25) is 5.91 Å². The minimum absolute atomic E-state index is 0.101. The van der Waals surface area contributed by atoms with Gasteiger partial charge in [-0.15, -0.1) is 0 Å². The number of carbonyl (C=O) groups is 1. The lowest BCUT2D eigenvalue weighted by molar-refractivity contribution is -0.120. The van der Waals surface area contributed by atoms with Gasteiger partial charge < -0.3 is 25.4 Å². The van der Waals surface area contributed by atoms with Crippen LogP contribution in [0.5, 0.6) is 11.5 Å². The molecular formula is C20H26N4O3. The van der Waals surface area contributed by atoms with Crippen LogP contribution in [0.25, 0.3) is 0 Å². The van der Waals surface area contributed by atoms with E-state index in [4.69, 9.17) is 9.47 Å². The Labute approximate surface area is 159 Å². The van der Waals surface area contributed by atoms with Gasteiger partial charge in [0.1, 0.15) is 18.1 Å². The fraction of sp³-hybridized carbons (Fsp3) is 0.300. The first-order chi connectivity index (χ1) is 13.2. The summed E-state index contributed by atoms with van der Waals surface area (Å²) in [7, 11) is 3.28. The Morgan fingerprint density at radius 3 is 2.33 bits per heavy atom. The molecule has 0 saturated heterocycles. The Kier molecular flexibility index (Phi) is 8.49. The molecule has 0 saturated carbocycles. The maximum atomic E-state index is 11.9. The molecule has 0 aliphatic rings. The first kappa shape index (κ1) is 20.1. The number of ether oxygens (including phenoxy) is 2. The summed E-state index contributed by atoms with van der Waals surface area (Å²) in [5, 5.41) is 8.93. The number of rotatable bonds is 9. The summed E-state index contributed by atoms with van der Waals surface area (Å²) in [6.45, 7) is 1.67. The second kappa shape index (κ2) is 11.4. The lowest BCUT2D eigenvalue weighted by Crippen LogP contribution is -2.44. The van der Waals surface area contributed by atoms with Crippen LogP contribution in [0.1, 0.15) is 5.56 Å². The molecule has 7 nitrogen and oxygen atoms in total. The molecule has 7 heteroatoms. The number of nitrogens with one attached hydrogen (secondary N) is 3. The minimum Gasteiger partial charge on any atom is -0.497 e. The first-order valence-electron chi connectivity index (χ1n) is 8.73. The fourth-order valence-electron chi connectivity index (χ4n) is 2.25. The smallest absolute Gasteiger partial charge is 0.239 e. The summed E-state index contributed by atoms with van der Waals surface area (Å²) in [6.07, 6.45) is 0. The first-order valence-corrected chi connectivity index (χ1v) is 8.73. The zero-order valence-corrected chi connectivity index (χ0v) is 15.7. The summed E-state index contributed by atoms with van der Waals surface area (Å²) in [6, 6.07) is 17.2. The molecule has 0 heterocycles. The summed E-state index contributed by atoms with van der Waals surface area (Å²) < 4.78 is 10.7. The number of aliphatic imine (C=N–C) groups is 1. The number of nitrogens with zero attached hydrogens (tertiary/aromatic N) is 1. The fourth-order valence-corrected chi connectivity index (χ4v) is 2.25. The third-order valence-corrected chi connectivity index (χ3v) is 3.70. The van der Waals surface area contributed by atoms with E-state index >= 15 is 0 Å². The van der Waals surface area contributed by atoms with Gasteiger partial charge in [0.05, 0.1) is 20.2 Å². The molecule has 0 radical (unpaired) electrons. The van der Waals surface area contributed by atoms with Crippen LogP contribution in [-0.2, 0) is 11.3 Å². The third kappa shape index (κ3) is 7.68. The molecular weight excluding hydrogens is 344 g/mol. The van der Waals surface area contributed by atoms with Crippen molar-refractivity contribution in [1.29, 1.82) is 0 Å². The largest absolute Gasteiger partial charge is 0.497 e. The monoisotopic (exact) mass is 370 g/mol. The van der Waals surface area contributed by atoms with Crippen molar-refractivity contribution >= 4 is 11.9 Å². The number of amides is 1. The molecule has 27 heavy (non-hydrogen) atoms. The Morgan fingerprint density at radius 1 is 0.963 bits per heavy atom. The molecule has 1 amide bonds. The van der Waals surface area contributed by atoms with Gasteiger partial charge in [0, 0.05) is 13.6 Å². The van der Waals surface area contributed by atoms with E-state index < -0.39 is 0 Å². The van der Waals surface area contributed by atoms with Crippen LogP contribution < -0.4 is 25.4 Å². The van der Waals surface area contributed by atoms with Crippen molar-refractivity contribution in [2.75, 3.05) is 33.9 Å². The Bertz CT molecular complexity index is 718. The van der Waals surface area contributed by atoms with E-state index in [1.54, 1.807) is 14.2 Å². The van der Waals surface area contributed by atoms with Gasteiger partial charge >= 0.3 is 0 Å². The van der Waals surface area contributed by atoms with Gasteiger partial charge in [-0.2, -0.15) is 0 Å². The van der Waals surface area contributed by atoms with E-state index in [-0.39, 0.29) is 12.5 Å². The third-order valence-electron chi connectivity index (χ3n) is 3.70. The van der Waals surface area contributed by atoms with Crippen LogP contribution in [0.4, 0.5) is 0 Å². The predicted octanol–water partition coefficient (Wildman–Crippen LogP) is 1.56. The molecule has 0 bridgehead atoms. The van der Waals surface area contributed by atoms with Crippen molar-refractivity contribution in [1.82, 2.24) is 16.0 Å². The lowest BCUT2D eigenvalue weighted by atomic mass is 10.2. The number of benzene rings is 2. The molecule has 144 valence electrons. The maximum absolute atomic E-state index is 11.9. The second-order valence-corrected chi connectivity index (χ2v) is 5.64. The van der Waals surface area contributed by atoms with E-state index in [2.05, 4.69) is 20.9 Å². The molecule has 2 aromatic carbocycles. The van der Waals surface area contributed by atoms with E-state index in [9.17, 15) is 4.79 Å². The van der Waals surface area contributed by atoms with Gasteiger partial charge in [-0.05, 0) is 29.8 Å². The molecule has 0 fully saturated rings. The molecule has 0 spiro atoms. The van der Waals surface area contributed by atoms with Crippen LogP contribution >= 0.6 is 0 Å². The van der Waals surface area contributed by atoms with E-state index in [0.717, 1.165) is 17.1 Å². The standard InChI is InChI=1S/C20H26N4O3/c1-21-20(22-12-13-27-18-10-8-17(26-2)9-11-18)24-15-19(25)23-14-16-6-4-3-5-7-16/h3-11H,12-15H2,1-2H3,(H,23,25)(H2,21,22,24).